The highest BCUT2D eigenvalue weighted by Crippen LogP contribution is 2.33. The average Bonchev–Trinajstić information content (AvgIpc) is 2.30. The quantitative estimate of drug-likeness (QED) is 0.870. The predicted octanol–water partition coefficient (Wildman–Crippen LogP) is 3.80. The van der Waals surface area contributed by atoms with E-state index in [2.05, 4.69) is 20.9 Å². The van der Waals surface area contributed by atoms with Gasteiger partial charge in [-0.05, 0) is 28.1 Å². The van der Waals surface area contributed by atoms with Crippen molar-refractivity contribution < 1.29 is 9.13 Å². The molecule has 2 N–H and O–H groups in total. The molecule has 0 radical (unpaired) electrons. The highest BCUT2D eigenvalue weighted by molar-refractivity contribution is 9.10. The third kappa shape index (κ3) is 2.91. The molecule has 1 heterocycles. The topological polar surface area (TPSA) is 48.1 Å². The standard InChI is InChI=1S/C12H9BrClFN2O/c13-9-3-8(15)4-11(16)12(9)18-6-7-1-2-17-5-10(7)14/h1-5H,6,16H2. The molecule has 1 aromatic carbocycles. The van der Waals surface area contributed by atoms with E-state index in [1.165, 1.54) is 18.3 Å². The Labute approximate surface area is 117 Å². The number of anilines is 1. The number of ether oxygens (including phenoxy) is 1. The molecule has 18 heavy (non-hydrogen) atoms. The molecule has 0 fully saturated rings. The molecule has 0 amide bonds. The summed E-state index contributed by atoms with van der Waals surface area (Å²) in [6.45, 7) is 0.232. The minimum Gasteiger partial charge on any atom is -0.485 e. The van der Waals surface area contributed by atoms with Gasteiger partial charge in [0.15, 0.2) is 5.75 Å². The molecular formula is C12H9BrClFN2O. The summed E-state index contributed by atoms with van der Waals surface area (Å²) in [5.41, 5.74) is 6.69. The molecule has 0 aliphatic rings. The first-order chi connectivity index (χ1) is 8.58. The van der Waals surface area contributed by atoms with Crippen LogP contribution in [0.25, 0.3) is 0 Å². The fourth-order valence-corrected chi connectivity index (χ4v) is 2.14. The Kier molecular flexibility index (Phi) is 4.04. The molecule has 0 saturated heterocycles. The Balaban J connectivity index is 2.19. The van der Waals surface area contributed by atoms with Crippen LogP contribution in [0.1, 0.15) is 5.56 Å². The van der Waals surface area contributed by atoms with Gasteiger partial charge in [-0.15, -0.1) is 0 Å². The SMILES string of the molecule is Nc1cc(F)cc(Br)c1OCc1ccncc1Cl. The number of nitrogens with zero attached hydrogens (tertiary/aromatic N) is 1. The first kappa shape index (κ1) is 13.1. The maximum Gasteiger partial charge on any atom is 0.157 e. The van der Waals surface area contributed by atoms with Crippen molar-refractivity contribution in [3.05, 3.63) is 51.5 Å². The van der Waals surface area contributed by atoms with E-state index in [4.69, 9.17) is 22.1 Å². The fourth-order valence-electron chi connectivity index (χ4n) is 1.40. The molecule has 0 saturated carbocycles. The van der Waals surface area contributed by atoms with Gasteiger partial charge in [0.2, 0.25) is 0 Å². The van der Waals surface area contributed by atoms with E-state index >= 15 is 0 Å². The lowest BCUT2D eigenvalue weighted by Crippen LogP contribution is -2.01. The zero-order valence-corrected chi connectivity index (χ0v) is 11.5. The van der Waals surface area contributed by atoms with Crippen molar-refractivity contribution >= 4 is 33.2 Å². The fraction of sp³-hybridized carbons (Fsp3) is 0.0833. The van der Waals surface area contributed by atoms with Crippen molar-refractivity contribution in [2.75, 3.05) is 5.73 Å². The van der Waals surface area contributed by atoms with Gasteiger partial charge in [-0.25, -0.2) is 4.39 Å². The van der Waals surface area contributed by atoms with Crippen LogP contribution < -0.4 is 10.5 Å². The third-order valence-corrected chi connectivity index (χ3v) is 3.19. The Morgan fingerprint density at radius 1 is 1.44 bits per heavy atom. The van der Waals surface area contributed by atoms with Gasteiger partial charge in [0, 0.05) is 24.0 Å². The molecule has 6 heteroatoms. The van der Waals surface area contributed by atoms with Gasteiger partial charge < -0.3 is 10.5 Å². The highest BCUT2D eigenvalue weighted by atomic mass is 79.9. The third-order valence-electron chi connectivity index (χ3n) is 2.27. The molecule has 94 valence electrons. The molecule has 1 aromatic heterocycles. The number of hydrogen-bond acceptors (Lipinski definition) is 3. The largest absolute Gasteiger partial charge is 0.485 e. The Bertz CT molecular complexity index is 557. The number of nitrogen functional groups attached to an aromatic ring is 1. The number of benzene rings is 1. The summed E-state index contributed by atoms with van der Waals surface area (Å²) in [6, 6.07) is 4.24. The van der Waals surface area contributed by atoms with Gasteiger partial charge in [-0.1, -0.05) is 11.6 Å². The van der Waals surface area contributed by atoms with Crippen molar-refractivity contribution in [1.82, 2.24) is 4.98 Å². The summed E-state index contributed by atoms with van der Waals surface area (Å²) < 4.78 is 19.0. The Morgan fingerprint density at radius 2 is 2.22 bits per heavy atom. The van der Waals surface area contributed by atoms with Crippen molar-refractivity contribution in [3.8, 4) is 5.75 Å². The second-order valence-corrected chi connectivity index (χ2v) is 4.82. The molecule has 0 bridgehead atoms. The molecule has 0 atom stereocenters. The van der Waals surface area contributed by atoms with Crippen LogP contribution in [0.4, 0.5) is 10.1 Å². The molecule has 0 unspecified atom stereocenters. The molecule has 0 aliphatic carbocycles. The van der Waals surface area contributed by atoms with Crippen LogP contribution in [-0.4, -0.2) is 4.98 Å². The molecule has 0 aliphatic heterocycles. The van der Waals surface area contributed by atoms with Gasteiger partial charge in [0.1, 0.15) is 12.4 Å². The molecule has 0 spiro atoms. The number of aromatic nitrogens is 1. The number of hydrogen-bond donors (Lipinski definition) is 1. The second-order valence-electron chi connectivity index (χ2n) is 3.56. The van der Waals surface area contributed by atoms with Crippen LogP contribution in [0.15, 0.2) is 35.1 Å². The summed E-state index contributed by atoms with van der Waals surface area (Å²) in [5, 5.41) is 0.509. The van der Waals surface area contributed by atoms with E-state index in [0.29, 0.717) is 15.2 Å². The first-order valence-electron chi connectivity index (χ1n) is 5.03. The summed E-state index contributed by atoms with van der Waals surface area (Å²) in [7, 11) is 0. The maximum absolute atomic E-state index is 13.0. The summed E-state index contributed by atoms with van der Waals surface area (Å²) in [6.07, 6.45) is 3.15. The van der Waals surface area contributed by atoms with Crippen LogP contribution >= 0.6 is 27.5 Å². The number of nitrogens with two attached hydrogens (primary N) is 1. The predicted molar refractivity (Wildman–Crippen MR) is 72.1 cm³/mol. The normalized spacial score (nSPS) is 10.4. The molecule has 2 aromatic rings. The lowest BCUT2D eigenvalue weighted by atomic mass is 10.2. The van der Waals surface area contributed by atoms with Gasteiger partial charge in [0.25, 0.3) is 0 Å². The van der Waals surface area contributed by atoms with Crippen molar-refractivity contribution in [1.29, 1.82) is 0 Å². The van der Waals surface area contributed by atoms with Crippen LogP contribution in [0.2, 0.25) is 5.02 Å². The maximum atomic E-state index is 13.0. The van der Waals surface area contributed by atoms with E-state index in [-0.39, 0.29) is 12.3 Å². The first-order valence-corrected chi connectivity index (χ1v) is 6.20. The van der Waals surface area contributed by atoms with E-state index in [0.717, 1.165) is 5.56 Å². The van der Waals surface area contributed by atoms with Crippen LogP contribution in [0.3, 0.4) is 0 Å². The monoisotopic (exact) mass is 330 g/mol. The zero-order valence-electron chi connectivity index (χ0n) is 9.16. The smallest absolute Gasteiger partial charge is 0.157 e. The van der Waals surface area contributed by atoms with Gasteiger partial charge in [-0.3, -0.25) is 4.98 Å². The van der Waals surface area contributed by atoms with Crippen molar-refractivity contribution in [2.24, 2.45) is 0 Å². The minimum absolute atomic E-state index is 0.229. The number of rotatable bonds is 3. The van der Waals surface area contributed by atoms with Crippen molar-refractivity contribution in [3.63, 3.8) is 0 Å². The summed E-state index contributed by atoms with van der Waals surface area (Å²) in [4.78, 5) is 3.88. The van der Waals surface area contributed by atoms with Crippen molar-refractivity contribution in [2.45, 2.75) is 6.61 Å². The number of pyridine rings is 1. The number of halogens is 3. The average molecular weight is 332 g/mol. The van der Waals surface area contributed by atoms with E-state index in [1.54, 1.807) is 12.3 Å². The van der Waals surface area contributed by atoms with Gasteiger partial charge in [0.05, 0.1) is 15.2 Å². The van der Waals surface area contributed by atoms with Gasteiger partial charge >= 0.3 is 0 Å². The second kappa shape index (κ2) is 5.54. The summed E-state index contributed by atoms with van der Waals surface area (Å²) >= 11 is 9.15. The van der Waals surface area contributed by atoms with Crippen LogP contribution in [-0.2, 0) is 6.61 Å². The Morgan fingerprint density at radius 3 is 2.89 bits per heavy atom. The lowest BCUT2D eigenvalue weighted by molar-refractivity contribution is 0.305. The van der Waals surface area contributed by atoms with Crippen LogP contribution in [0, 0.1) is 5.82 Å². The summed E-state index contributed by atoms with van der Waals surface area (Å²) in [5.74, 6) is -0.0297. The molecule has 3 nitrogen and oxygen atoms in total. The minimum atomic E-state index is -0.423. The van der Waals surface area contributed by atoms with Crippen LogP contribution in [0.5, 0.6) is 5.75 Å². The zero-order chi connectivity index (χ0) is 13.1. The Hall–Kier alpha value is -1.33. The van der Waals surface area contributed by atoms with E-state index in [9.17, 15) is 4.39 Å². The lowest BCUT2D eigenvalue weighted by Gasteiger charge is -2.11. The molecule has 2 rings (SSSR count). The van der Waals surface area contributed by atoms with E-state index < -0.39 is 5.82 Å². The highest BCUT2D eigenvalue weighted by Gasteiger charge is 2.09. The van der Waals surface area contributed by atoms with Gasteiger partial charge in [-0.2, -0.15) is 0 Å². The van der Waals surface area contributed by atoms with E-state index in [1.807, 2.05) is 0 Å². The molecular weight excluding hydrogens is 322 g/mol.